The lowest BCUT2D eigenvalue weighted by molar-refractivity contribution is -0.154. The quantitative estimate of drug-likeness (QED) is 0.261. The number of rotatable bonds is 12. The Morgan fingerprint density at radius 3 is 2.69 bits per heavy atom. The third-order valence-electron chi connectivity index (χ3n) is 7.92. The fourth-order valence-corrected chi connectivity index (χ4v) is 8.60. The highest BCUT2D eigenvalue weighted by atomic mass is 32.2. The molecule has 4 rings (SSSR count). The molecular formula is C28H38N2O5S. The van der Waals surface area contributed by atoms with E-state index in [-0.39, 0.29) is 36.2 Å². The number of fused-ring (bicyclic) bond motifs is 1. The van der Waals surface area contributed by atoms with E-state index in [9.17, 15) is 19.5 Å². The highest BCUT2D eigenvalue weighted by Gasteiger charge is 2.74. The molecule has 1 aromatic rings. The smallest absolute Gasteiger partial charge is 0.310 e. The molecule has 3 saturated heterocycles. The van der Waals surface area contributed by atoms with Gasteiger partial charge in [-0.05, 0) is 31.7 Å². The molecule has 2 amide bonds. The van der Waals surface area contributed by atoms with E-state index in [4.69, 9.17) is 4.74 Å². The van der Waals surface area contributed by atoms with Crippen LogP contribution in [-0.4, -0.2) is 75.0 Å². The summed E-state index contributed by atoms with van der Waals surface area (Å²) < 4.78 is 4.70. The summed E-state index contributed by atoms with van der Waals surface area (Å²) in [6.45, 7) is 8.67. The van der Waals surface area contributed by atoms with Crippen molar-refractivity contribution >= 4 is 29.5 Å². The molecule has 2 unspecified atom stereocenters. The Morgan fingerprint density at radius 2 is 2.06 bits per heavy atom. The van der Waals surface area contributed by atoms with Crippen LogP contribution in [0.3, 0.4) is 0 Å². The number of amides is 2. The minimum atomic E-state index is -0.761. The highest BCUT2D eigenvalue weighted by Crippen LogP contribution is 2.67. The first-order valence-electron chi connectivity index (χ1n) is 13.2. The van der Waals surface area contributed by atoms with Crippen LogP contribution in [0.15, 0.2) is 43.0 Å². The summed E-state index contributed by atoms with van der Waals surface area (Å²) >= 11 is 1.62. The lowest BCUT2D eigenvalue weighted by Crippen LogP contribution is -2.55. The molecule has 3 fully saturated rings. The van der Waals surface area contributed by atoms with Crippen LogP contribution in [0.1, 0.15) is 57.6 Å². The maximum absolute atomic E-state index is 14.3. The summed E-state index contributed by atoms with van der Waals surface area (Å²) in [4.78, 5) is 45.0. The van der Waals surface area contributed by atoms with Gasteiger partial charge < -0.3 is 19.6 Å². The zero-order valence-corrected chi connectivity index (χ0v) is 22.1. The van der Waals surface area contributed by atoms with Crippen molar-refractivity contribution in [2.45, 2.75) is 68.0 Å². The molecule has 6 atom stereocenters. The zero-order valence-electron chi connectivity index (χ0n) is 21.3. The molecule has 0 saturated carbocycles. The first-order chi connectivity index (χ1) is 17.4. The van der Waals surface area contributed by atoms with E-state index in [1.165, 1.54) is 0 Å². The van der Waals surface area contributed by atoms with Crippen LogP contribution >= 0.6 is 11.8 Å². The SMILES string of the molecule is C=CCN(CCCCC)C(=O)C1N([C@H](CO)c2ccccc2)C(=O)[C@@H]2[C@H](C(=O)OCC)[C@@H]3CCC12S3. The Bertz CT molecular complexity index is 972. The van der Waals surface area contributed by atoms with Crippen LogP contribution in [0.25, 0.3) is 0 Å². The van der Waals surface area contributed by atoms with Crippen LogP contribution in [0, 0.1) is 11.8 Å². The molecule has 8 heteroatoms. The van der Waals surface area contributed by atoms with Gasteiger partial charge in [-0.2, -0.15) is 0 Å². The molecule has 3 heterocycles. The number of carbonyl (C=O) groups is 3. The first kappa shape index (κ1) is 26.7. The van der Waals surface area contributed by atoms with Crippen molar-refractivity contribution in [3.63, 3.8) is 0 Å². The van der Waals surface area contributed by atoms with Crippen LogP contribution < -0.4 is 0 Å². The summed E-state index contributed by atoms with van der Waals surface area (Å²) in [6.07, 6.45) is 6.09. The summed E-state index contributed by atoms with van der Waals surface area (Å²) in [7, 11) is 0. The molecule has 36 heavy (non-hydrogen) atoms. The van der Waals surface area contributed by atoms with Crippen LogP contribution in [0.5, 0.6) is 0 Å². The Hall–Kier alpha value is -2.32. The van der Waals surface area contributed by atoms with Crippen molar-refractivity contribution in [3.8, 4) is 0 Å². The molecule has 0 aromatic heterocycles. The van der Waals surface area contributed by atoms with Crippen molar-refractivity contribution in [2.75, 3.05) is 26.3 Å². The summed E-state index contributed by atoms with van der Waals surface area (Å²) in [5, 5.41) is 10.5. The van der Waals surface area contributed by atoms with E-state index in [1.807, 2.05) is 30.3 Å². The Morgan fingerprint density at radius 1 is 1.31 bits per heavy atom. The van der Waals surface area contributed by atoms with Crippen LogP contribution in [-0.2, 0) is 19.1 Å². The van der Waals surface area contributed by atoms with Gasteiger partial charge in [-0.15, -0.1) is 18.3 Å². The van der Waals surface area contributed by atoms with Gasteiger partial charge in [-0.3, -0.25) is 14.4 Å². The number of thioether (sulfide) groups is 1. The lowest BCUT2D eigenvalue weighted by Gasteiger charge is -2.39. The minimum Gasteiger partial charge on any atom is -0.466 e. The summed E-state index contributed by atoms with van der Waals surface area (Å²) in [5.41, 5.74) is 0.774. The molecule has 1 aromatic carbocycles. The van der Waals surface area contributed by atoms with Gasteiger partial charge in [0.05, 0.1) is 35.8 Å². The Balaban J connectivity index is 1.78. The largest absolute Gasteiger partial charge is 0.466 e. The summed E-state index contributed by atoms with van der Waals surface area (Å²) in [5.74, 6) is -1.90. The maximum Gasteiger partial charge on any atom is 0.310 e. The minimum absolute atomic E-state index is 0.0345. The second-order valence-electron chi connectivity index (χ2n) is 9.94. The van der Waals surface area contributed by atoms with Crippen LogP contribution in [0.4, 0.5) is 0 Å². The number of nitrogens with zero attached hydrogens (tertiary/aromatic N) is 2. The van der Waals surface area contributed by atoms with Gasteiger partial charge in [0, 0.05) is 18.3 Å². The average molecular weight is 515 g/mol. The van der Waals surface area contributed by atoms with E-state index >= 15 is 0 Å². The van der Waals surface area contributed by atoms with E-state index < -0.39 is 28.7 Å². The van der Waals surface area contributed by atoms with Crippen molar-refractivity contribution < 1.29 is 24.2 Å². The normalized spacial score (nSPS) is 29.2. The molecule has 7 nitrogen and oxygen atoms in total. The van der Waals surface area contributed by atoms with Crippen LogP contribution in [0.2, 0.25) is 0 Å². The molecule has 0 radical (unpaired) electrons. The van der Waals surface area contributed by atoms with E-state index in [1.54, 1.807) is 34.6 Å². The van der Waals surface area contributed by atoms with Gasteiger partial charge in [0.25, 0.3) is 0 Å². The molecule has 1 N–H and O–H groups in total. The van der Waals surface area contributed by atoms with Gasteiger partial charge in [0.2, 0.25) is 11.8 Å². The maximum atomic E-state index is 14.3. The topological polar surface area (TPSA) is 87.2 Å². The number of esters is 1. The van der Waals surface area contributed by atoms with Gasteiger partial charge in [-0.1, -0.05) is 56.2 Å². The number of likely N-dealkylation sites (tertiary alicyclic amines) is 1. The number of benzene rings is 1. The first-order valence-corrected chi connectivity index (χ1v) is 14.0. The molecule has 1 spiro atoms. The third-order valence-corrected chi connectivity index (χ3v) is 9.87. The Labute approximate surface area is 218 Å². The predicted molar refractivity (Wildman–Crippen MR) is 140 cm³/mol. The number of hydrogen-bond donors (Lipinski definition) is 1. The lowest BCUT2D eigenvalue weighted by atomic mass is 9.71. The number of ether oxygens (including phenoxy) is 1. The van der Waals surface area contributed by atoms with Crippen molar-refractivity contribution in [1.82, 2.24) is 9.80 Å². The number of unbranched alkanes of at least 4 members (excludes halogenated alkanes) is 2. The van der Waals surface area contributed by atoms with E-state index in [0.29, 0.717) is 19.5 Å². The standard InChI is InChI=1S/C28H38N2O5S/c1-4-7-11-17-29(16-5-2)26(33)24-28-15-14-21(36-28)22(27(34)35-6-3)23(28)25(32)30(24)20(18-31)19-12-9-8-10-13-19/h5,8-10,12-13,20-24,31H,2,4,6-7,11,14-18H2,1,3H3/t20-,21+,22-,23+,24?,28?/m1/s1. The molecule has 2 bridgehead atoms. The number of aliphatic hydroxyl groups is 1. The molecule has 0 aliphatic carbocycles. The van der Waals surface area contributed by atoms with Gasteiger partial charge >= 0.3 is 5.97 Å². The molecular weight excluding hydrogens is 476 g/mol. The predicted octanol–water partition coefficient (Wildman–Crippen LogP) is 3.58. The third kappa shape index (κ3) is 4.47. The summed E-state index contributed by atoms with van der Waals surface area (Å²) in [6, 6.07) is 7.93. The number of hydrogen-bond acceptors (Lipinski definition) is 6. The zero-order chi connectivity index (χ0) is 25.9. The average Bonchev–Trinajstić information content (AvgIpc) is 3.52. The molecule has 3 aliphatic heterocycles. The van der Waals surface area contributed by atoms with Gasteiger partial charge in [0.15, 0.2) is 0 Å². The fourth-order valence-electron chi connectivity index (χ4n) is 6.41. The van der Waals surface area contributed by atoms with Crippen molar-refractivity contribution in [3.05, 3.63) is 48.6 Å². The highest BCUT2D eigenvalue weighted by molar-refractivity contribution is 8.02. The second-order valence-corrected chi connectivity index (χ2v) is 11.5. The Kier molecular flexibility index (Phi) is 8.45. The van der Waals surface area contributed by atoms with Gasteiger partial charge in [0.1, 0.15) is 6.04 Å². The van der Waals surface area contributed by atoms with Crippen molar-refractivity contribution in [1.29, 1.82) is 0 Å². The second kappa shape index (κ2) is 11.4. The number of aliphatic hydroxyl groups excluding tert-OH is 1. The monoisotopic (exact) mass is 514 g/mol. The van der Waals surface area contributed by atoms with Crippen molar-refractivity contribution in [2.24, 2.45) is 11.8 Å². The fraction of sp³-hybridized carbons (Fsp3) is 0.607. The molecule has 3 aliphatic rings. The van der Waals surface area contributed by atoms with E-state index in [2.05, 4.69) is 13.5 Å². The molecule has 196 valence electrons. The van der Waals surface area contributed by atoms with Gasteiger partial charge in [-0.25, -0.2) is 0 Å². The van der Waals surface area contributed by atoms with E-state index in [0.717, 1.165) is 31.2 Å². The number of carbonyl (C=O) groups excluding carboxylic acids is 3.